The Morgan fingerprint density at radius 2 is 1.70 bits per heavy atom. The van der Waals surface area contributed by atoms with Crippen LogP contribution in [0.1, 0.15) is 37.0 Å². The van der Waals surface area contributed by atoms with E-state index in [4.69, 9.17) is 11.6 Å². The van der Waals surface area contributed by atoms with E-state index in [1.165, 1.54) is 11.0 Å². The van der Waals surface area contributed by atoms with E-state index in [0.717, 1.165) is 21.7 Å². The molecule has 0 aliphatic carbocycles. The number of nitrogens with one attached hydrogen (secondary N) is 1. The lowest BCUT2D eigenvalue weighted by atomic mass is 10.1. The lowest BCUT2D eigenvalue weighted by Gasteiger charge is -2.33. The van der Waals surface area contributed by atoms with Gasteiger partial charge in [-0.3, -0.25) is 13.9 Å². The summed E-state index contributed by atoms with van der Waals surface area (Å²) >= 11 is 6.11. The minimum atomic E-state index is -3.80. The zero-order valence-electron chi connectivity index (χ0n) is 19.8. The molecule has 0 bridgehead atoms. The van der Waals surface area contributed by atoms with Gasteiger partial charge in [0.1, 0.15) is 12.6 Å². The van der Waals surface area contributed by atoms with Crippen molar-refractivity contribution < 1.29 is 18.0 Å². The normalized spacial score (nSPS) is 12.2. The van der Waals surface area contributed by atoms with Crippen LogP contribution in [-0.2, 0) is 26.2 Å². The van der Waals surface area contributed by atoms with Crippen molar-refractivity contribution in [2.75, 3.05) is 23.7 Å². The summed E-state index contributed by atoms with van der Waals surface area (Å²) in [6, 6.07) is 11.8. The Hall–Kier alpha value is -2.58. The third-order valence-electron chi connectivity index (χ3n) is 5.33. The SMILES string of the molecule is CCNC(=O)[C@@H](CC)N(Cc1ccc(C)cc1)C(=O)CN(c1cc(Cl)ccc1C)S(C)(=O)=O. The van der Waals surface area contributed by atoms with Gasteiger partial charge in [-0.05, 0) is 50.5 Å². The van der Waals surface area contributed by atoms with Gasteiger partial charge in [-0.2, -0.15) is 0 Å². The molecule has 2 amide bonds. The van der Waals surface area contributed by atoms with Gasteiger partial charge >= 0.3 is 0 Å². The van der Waals surface area contributed by atoms with E-state index in [1.807, 2.05) is 45.0 Å². The molecular weight excluding hydrogens is 462 g/mol. The lowest BCUT2D eigenvalue weighted by molar-refractivity contribution is -0.140. The van der Waals surface area contributed by atoms with Crippen LogP contribution in [-0.4, -0.2) is 50.5 Å². The molecule has 0 unspecified atom stereocenters. The molecule has 0 aliphatic rings. The zero-order valence-corrected chi connectivity index (χ0v) is 21.3. The largest absolute Gasteiger partial charge is 0.355 e. The van der Waals surface area contributed by atoms with E-state index >= 15 is 0 Å². The monoisotopic (exact) mass is 493 g/mol. The van der Waals surface area contributed by atoms with Crippen molar-refractivity contribution in [3.8, 4) is 0 Å². The summed E-state index contributed by atoms with van der Waals surface area (Å²) in [5, 5.41) is 3.14. The Labute approximate surface area is 201 Å². The average molecular weight is 494 g/mol. The fourth-order valence-corrected chi connectivity index (χ4v) is 4.61. The Kier molecular flexibility index (Phi) is 9.31. The molecule has 0 spiro atoms. The first-order valence-electron chi connectivity index (χ1n) is 10.8. The maximum atomic E-state index is 13.6. The van der Waals surface area contributed by atoms with Crippen LogP contribution in [0, 0.1) is 13.8 Å². The maximum absolute atomic E-state index is 13.6. The molecule has 1 atom stereocenters. The summed E-state index contributed by atoms with van der Waals surface area (Å²) in [4.78, 5) is 27.8. The number of halogens is 1. The minimum Gasteiger partial charge on any atom is -0.355 e. The van der Waals surface area contributed by atoms with Crippen LogP contribution >= 0.6 is 11.6 Å². The summed E-state index contributed by atoms with van der Waals surface area (Å²) in [6.07, 6.45) is 1.44. The van der Waals surface area contributed by atoms with Gasteiger partial charge in [0.05, 0.1) is 11.9 Å². The summed E-state index contributed by atoms with van der Waals surface area (Å²) < 4.78 is 26.4. The number of sulfonamides is 1. The van der Waals surface area contributed by atoms with E-state index in [9.17, 15) is 18.0 Å². The van der Waals surface area contributed by atoms with Crippen molar-refractivity contribution in [2.24, 2.45) is 0 Å². The van der Waals surface area contributed by atoms with Crippen molar-refractivity contribution >= 4 is 39.1 Å². The van der Waals surface area contributed by atoms with E-state index in [-0.39, 0.29) is 12.5 Å². The molecule has 0 fully saturated rings. The average Bonchev–Trinajstić information content (AvgIpc) is 2.74. The Balaban J connectivity index is 2.46. The molecule has 180 valence electrons. The molecule has 7 nitrogen and oxygen atoms in total. The summed E-state index contributed by atoms with van der Waals surface area (Å²) in [5.41, 5.74) is 2.92. The van der Waals surface area contributed by atoms with Gasteiger partial charge in [0.15, 0.2) is 0 Å². The molecular formula is C24H32ClN3O4S. The molecule has 33 heavy (non-hydrogen) atoms. The number of hydrogen-bond acceptors (Lipinski definition) is 4. The quantitative estimate of drug-likeness (QED) is 0.547. The van der Waals surface area contributed by atoms with Crippen molar-refractivity contribution in [1.82, 2.24) is 10.2 Å². The lowest BCUT2D eigenvalue weighted by Crippen LogP contribution is -2.52. The first-order chi connectivity index (χ1) is 15.5. The van der Waals surface area contributed by atoms with Crippen molar-refractivity contribution in [3.05, 3.63) is 64.2 Å². The summed E-state index contributed by atoms with van der Waals surface area (Å²) in [7, 11) is -3.80. The number of amides is 2. The van der Waals surface area contributed by atoms with Gasteiger partial charge < -0.3 is 10.2 Å². The Morgan fingerprint density at radius 1 is 1.06 bits per heavy atom. The number of nitrogens with zero attached hydrogens (tertiary/aromatic N) is 2. The summed E-state index contributed by atoms with van der Waals surface area (Å²) in [6.45, 7) is 7.52. The molecule has 0 saturated carbocycles. The first kappa shape index (κ1) is 26.7. The minimum absolute atomic E-state index is 0.181. The Morgan fingerprint density at radius 3 is 2.24 bits per heavy atom. The van der Waals surface area contributed by atoms with Gasteiger partial charge in [0, 0.05) is 18.1 Å². The third kappa shape index (κ3) is 7.20. The zero-order chi connectivity index (χ0) is 24.8. The highest BCUT2D eigenvalue weighted by atomic mass is 35.5. The van der Waals surface area contributed by atoms with Crippen LogP contribution in [0.25, 0.3) is 0 Å². The fourth-order valence-electron chi connectivity index (χ4n) is 3.55. The van der Waals surface area contributed by atoms with Crippen molar-refractivity contribution in [3.63, 3.8) is 0 Å². The second-order valence-electron chi connectivity index (χ2n) is 8.03. The molecule has 2 aromatic carbocycles. The molecule has 0 radical (unpaired) electrons. The number of benzene rings is 2. The molecule has 1 N–H and O–H groups in total. The van der Waals surface area contributed by atoms with Crippen molar-refractivity contribution in [1.29, 1.82) is 0 Å². The predicted octanol–water partition coefficient (Wildman–Crippen LogP) is 3.67. The number of anilines is 1. The molecule has 2 rings (SSSR count). The highest BCUT2D eigenvalue weighted by Crippen LogP contribution is 2.27. The molecule has 0 saturated heterocycles. The second kappa shape index (κ2) is 11.5. The number of rotatable bonds is 10. The van der Waals surface area contributed by atoms with E-state index in [1.54, 1.807) is 19.1 Å². The molecule has 0 heterocycles. The maximum Gasteiger partial charge on any atom is 0.244 e. The van der Waals surface area contributed by atoms with Crippen molar-refractivity contribution in [2.45, 2.75) is 46.7 Å². The number of carbonyl (C=O) groups excluding carboxylic acids is 2. The molecule has 0 aliphatic heterocycles. The van der Waals surface area contributed by atoms with E-state index < -0.39 is 28.5 Å². The van der Waals surface area contributed by atoms with Crippen LogP contribution in [0.2, 0.25) is 5.02 Å². The smallest absolute Gasteiger partial charge is 0.244 e. The van der Waals surface area contributed by atoms with Gasteiger partial charge in [-0.1, -0.05) is 54.4 Å². The van der Waals surface area contributed by atoms with Crippen LogP contribution in [0.4, 0.5) is 5.69 Å². The highest BCUT2D eigenvalue weighted by molar-refractivity contribution is 7.92. The molecule has 9 heteroatoms. The van der Waals surface area contributed by atoms with Gasteiger partial charge in [-0.25, -0.2) is 8.42 Å². The Bertz CT molecular complexity index is 1090. The fraction of sp³-hybridized carbons (Fsp3) is 0.417. The highest BCUT2D eigenvalue weighted by Gasteiger charge is 2.32. The van der Waals surface area contributed by atoms with Crippen LogP contribution < -0.4 is 9.62 Å². The third-order valence-corrected chi connectivity index (χ3v) is 6.69. The van der Waals surface area contributed by atoms with Crippen LogP contribution in [0.5, 0.6) is 0 Å². The molecule has 0 aromatic heterocycles. The number of likely N-dealkylation sites (N-methyl/N-ethyl adjacent to an activating group) is 1. The number of hydrogen-bond donors (Lipinski definition) is 1. The van der Waals surface area contributed by atoms with Gasteiger partial charge in [-0.15, -0.1) is 0 Å². The summed E-state index contributed by atoms with van der Waals surface area (Å²) in [5.74, 6) is -0.746. The van der Waals surface area contributed by atoms with Gasteiger partial charge in [0.25, 0.3) is 0 Å². The topological polar surface area (TPSA) is 86.8 Å². The second-order valence-corrected chi connectivity index (χ2v) is 10.4. The van der Waals surface area contributed by atoms with E-state index in [2.05, 4.69) is 5.32 Å². The molecule has 2 aromatic rings. The first-order valence-corrected chi connectivity index (χ1v) is 13.1. The van der Waals surface area contributed by atoms with E-state index in [0.29, 0.717) is 29.2 Å². The predicted molar refractivity (Wildman–Crippen MR) is 133 cm³/mol. The van der Waals surface area contributed by atoms with Crippen LogP contribution in [0.15, 0.2) is 42.5 Å². The number of carbonyl (C=O) groups is 2. The van der Waals surface area contributed by atoms with Crippen LogP contribution in [0.3, 0.4) is 0 Å². The standard InChI is InChI=1S/C24H32ClN3O4S/c1-6-21(24(30)26-7-2)27(15-19-11-8-17(3)9-12-19)23(29)16-28(33(5,31)32)22-14-20(25)13-10-18(22)4/h8-14,21H,6-7,15-16H2,1-5H3,(H,26,30)/t21-/m1/s1. The van der Waals surface area contributed by atoms with Gasteiger partial charge in [0.2, 0.25) is 21.8 Å². The number of aryl methyl sites for hydroxylation is 2.